The maximum absolute atomic E-state index is 12.1. The summed E-state index contributed by atoms with van der Waals surface area (Å²) in [6.07, 6.45) is 5.48. The molecule has 0 spiro atoms. The van der Waals surface area contributed by atoms with Crippen molar-refractivity contribution in [3.05, 3.63) is 34.7 Å². The van der Waals surface area contributed by atoms with Crippen LogP contribution in [0.15, 0.2) is 29.2 Å². The fraction of sp³-hybridized carbons (Fsp3) is 0.316. The summed E-state index contributed by atoms with van der Waals surface area (Å²) in [6, 6.07) is 7.95. The summed E-state index contributed by atoms with van der Waals surface area (Å²) in [5, 5.41) is 3.66. The quantitative estimate of drug-likeness (QED) is 0.642. The highest BCUT2D eigenvalue weighted by molar-refractivity contribution is 8.26. The average molecular weight is 386 g/mol. The molecule has 7 heteroatoms. The van der Waals surface area contributed by atoms with E-state index in [0.717, 1.165) is 54.0 Å². The van der Waals surface area contributed by atoms with Crippen LogP contribution in [0.2, 0.25) is 0 Å². The number of thiocarbonyl (C=S) groups is 1. The van der Waals surface area contributed by atoms with Crippen molar-refractivity contribution in [2.24, 2.45) is 0 Å². The predicted molar refractivity (Wildman–Crippen MR) is 111 cm³/mol. The Balaban J connectivity index is 1.84. The fourth-order valence-corrected chi connectivity index (χ4v) is 4.35. The zero-order valence-electron chi connectivity index (χ0n) is 14.4. The molecule has 2 aliphatic rings. The molecule has 26 heavy (non-hydrogen) atoms. The number of hydrogen-bond donors (Lipinski definition) is 1. The monoisotopic (exact) mass is 385 g/mol. The first-order chi connectivity index (χ1) is 12.6. The van der Waals surface area contributed by atoms with Crippen LogP contribution in [0.5, 0.6) is 5.75 Å². The minimum absolute atomic E-state index is 0.143. The second-order valence-electron chi connectivity index (χ2n) is 6.36. The number of ether oxygens (including phenoxy) is 1. The summed E-state index contributed by atoms with van der Waals surface area (Å²) < 4.78 is 5.83. The Bertz CT molecular complexity index is 920. The number of pyridine rings is 1. The molecule has 134 valence electrons. The van der Waals surface area contributed by atoms with Crippen LogP contribution in [-0.4, -0.2) is 35.4 Å². The van der Waals surface area contributed by atoms with Gasteiger partial charge in [0, 0.05) is 24.0 Å². The van der Waals surface area contributed by atoms with Gasteiger partial charge in [0.25, 0.3) is 5.91 Å². The summed E-state index contributed by atoms with van der Waals surface area (Å²) >= 11 is 6.40. The molecule has 0 aliphatic carbocycles. The van der Waals surface area contributed by atoms with E-state index in [1.54, 1.807) is 7.11 Å². The van der Waals surface area contributed by atoms with Crippen LogP contribution in [-0.2, 0) is 4.79 Å². The number of hydrogen-bond acceptors (Lipinski definition) is 6. The Morgan fingerprint density at radius 2 is 2.08 bits per heavy atom. The molecule has 1 aromatic carbocycles. The zero-order chi connectivity index (χ0) is 18.1. The van der Waals surface area contributed by atoms with E-state index < -0.39 is 0 Å². The lowest BCUT2D eigenvalue weighted by Crippen LogP contribution is -2.30. The number of nitrogens with zero attached hydrogens (tertiary/aromatic N) is 2. The molecule has 5 nitrogen and oxygen atoms in total. The number of amides is 1. The third-order valence-corrected chi connectivity index (χ3v) is 5.78. The van der Waals surface area contributed by atoms with Gasteiger partial charge in [-0.15, -0.1) is 0 Å². The number of nitrogens with one attached hydrogen (secondary N) is 1. The first-order valence-electron chi connectivity index (χ1n) is 8.62. The van der Waals surface area contributed by atoms with Gasteiger partial charge >= 0.3 is 0 Å². The number of benzene rings is 1. The maximum Gasteiger partial charge on any atom is 0.263 e. The fourth-order valence-electron chi connectivity index (χ4n) is 3.32. The van der Waals surface area contributed by atoms with Crippen LogP contribution in [0.4, 0.5) is 5.82 Å². The lowest BCUT2D eigenvalue weighted by Gasteiger charge is -2.29. The van der Waals surface area contributed by atoms with Crippen molar-refractivity contribution in [2.45, 2.75) is 19.3 Å². The lowest BCUT2D eigenvalue weighted by molar-refractivity contribution is -0.115. The number of methoxy groups -OCH3 is 1. The topological polar surface area (TPSA) is 54.5 Å². The molecule has 3 heterocycles. The normalized spacial score (nSPS) is 19.3. The van der Waals surface area contributed by atoms with Gasteiger partial charge in [0.05, 0.1) is 17.5 Å². The highest BCUT2D eigenvalue weighted by atomic mass is 32.2. The summed E-state index contributed by atoms with van der Waals surface area (Å²) in [6.45, 7) is 1.98. The Kier molecular flexibility index (Phi) is 4.82. The molecule has 1 amide bonds. The van der Waals surface area contributed by atoms with Crippen molar-refractivity contribution in [3.8, 4) is 5.75 Å². The van der Waals surface area contributed by atoms with Crippen LogP contribution in [0.3, 0.4) is 0 Å². The van der Waals surface area contributed by atoms with E-state index in [-0.39, 0.29) is 5.91 Å². The van der Waals surface area contributed by atoms with Crippen LogP contribution < -0.4 is 15.0 Å². The van der Waals surface area contributed by atoms with Gasteiger partial charge in [0.15, 0.2) is 0 Å². The number of aromatic nitrogens is 1. The van der Waals surface area contributed by atoms with E-state index in [4.69, 9.17) is 21.9 Å². The second-order valence-corrected chi connectivity index (χ2v) is 8.08. The largest absolute Gasteiger partial charge is 0.497 e. The molecule has 1 aromatic heterocycles. The number of fused-ring (bicyclic) bond motifs is 1. The summed E-state index contributed by atoms with van der Waals surface area (Å²) in [4.78, 5) is 19.9. The van der Waals surface area contributed by atoms with E-state index in [1.165, 1.54) is 18.2 Å². The molecule has 0 atom stereocenters. The van der Waals surface area contributed by atoms with E-state index in [2.05, 4.69) is 16.3 Å². The number of anilines is 1. The van der Waals surface area contributed by atoms with Crippen molar-refractivity contribution in [3.63, 3.8) is 0 Å². The van der Waals surface area contributed by atoms with Gasteiger partial charge in [-0.05, 0) is 49.6 Å². The lowest BCUT2D eigenvalue weighted by atomic mass is 10.1. The minimum atomic E-state index is -0.143. The molecule has 4 rings (SSSR count). The highest BCUT2D eigenvalue weighted by Crippen LogP contribution is 2.33. The molecule has 0 bridgehead atoms. The summed E-state index contributed by atoms with van der Waals surface area (Å²) in [7, 11) is 1.65. The average Bonchev–Trinajstić information content (AvgIpc) is 2.98. The maximum atomic E-state index is 12.1. The number of carbonyl (C=O) groups is 1. The number of carbonyl (C=O) groups excluding carboxylic acids is 1. The minimum Gasteiger partial charge on any atom is -0.497 e. The Morgan fingerprint density at radius 3 is 2.77 bits per heavy atom. The molecule has 2 aliphatic heterocycles. The van der Waals surface area contributed by atoms with Gasteiger partial charge in [-0.25, -0.2) is 4.98 Å². The number of piperidine rings is 1. The SMILES string of the molecule is COc1ccc2nc(N3CCCCC3)c(/C=C3\SC(=S)NC3=O)cc2c1. The molecular formula is C19H19N3O2S2. The van der Waals surface area contributed by atoms with E-state index in [1.807, 2.05) is 24.3 Å². The standard InChI is InChI=1S/C19H19N3O2S2/c1-24-14-5-6-15-12(10-14)9-13(11-16-18(23)21-19(25)26-16)17(20-15)22-7-3-2-4-8-22/h5-6,9-11H,2-4,7-8H2,1H3,(H,21,23,25)/b16-11-. The van der Waals surface area contributed by atoms with Crippen LogP contribution in [0, 0.1) is 0 Å². The van der Waals surface area contributed by atoms with Gasteiger partial charge in [-0.1, -0.05) is 24.0 Å². The van der Waals surface area contributed by atoms with E-state index in [0.29, 0.717) is 9.23 Å². The van der Waals surface area contributed by atoms with Gasteiger partial charge < -0.3 is 15.0 Å². The van der Waals surface area contributed by atoms with Gasteiger partial charge in [-0.2, -0.15) is 0 Å². The van der Waals surface area contributed by atoms with Gasteiger partial charge in [0.2, 0.25) is 0 Å². The van der Waals surface area contributed by atoms with Crippen molar-refractivity contribution < 1.29 is 9.53 Å². The van der Waals surface area contributed by atoms with Crippen molar-refractivity contribution in [2.75, 3.05) is 25.1 Å². The Morgan fingerprint density at radius 1 is 1.27 bits per heavy atom. The Labute approximate surface area is 161 Å². The molecule has 1 N–H and O–H groups in total. The van der Waals surface area contributed by atoms with Crippen molar-refractivity contribution in [1.29, 1.82) is 0 Å². The summed E-state index contributed by atoms with van der Waals surface area (Å²) in [5.74, 6) is 1.58. The molecular weight excluding hydrogens is 366 g/mol. The number of thioether (sulfide) groups is 1. The van der Waals surface area contributed by atoms with Gasteiger partial charge in [-0.3, -0.25) is 4.79 Å². The highest BCUT2D eigenvalue weighted by Gasteiger charge is 2.24. The Hall–Kier alpha value is -2.12. The number of rotatable bonds is 3. The van der Waals surface area contributed by atoms with Crippen LogP contribution >= 0.6 is 24.0 Å². The summed E-state index contributed by atoms with van der Waals surface area (Å²) in [5.41, 5.74) is 1.86. The molecule has 0 saturated carbocycles. The molecule has 0 unspecified atom stereocenters. The molecule has 2 aromatic rings. The first-order valence-corrected chi connectivity index (χ1v) is 9.85. The molecule has 2 fully saturated rings. The van der Waals surface area contributed by atoms with Crippen LogP contribution in [0.1, 0.15) is 24.8 Å². The van der Waals surface area contributed by atoms with E-state index >= 15 is 0 Å². The molecule has 2 saturated heterocycles. The molecule has 0 radical (unpaired) electrons. The van der Waals surface area contributed by atoms with Gasteiger partial charge in [0.1, 0.15) is 15.9 Å². The third-order valence-electron chi connectivity index (χ3n) is 4.61. The predicted octanol–water partition coefficient (Wildman–Crippen LogP) is 3.72. The second kappa shape index (κ2) is 7.25. The third kappa shape index (κ3) is 3.41. The van der Waals surface area contributed by atoms with Crippen LogP contribution in [0.25, 0.3) is 17.0 Å². The van der Waals surface area contributed by atoms with E-state index in [9.17, 15) is 4.79 Å². The van der Waals surface area contributed by atoms with Crippen molar-refractivity contribution >= 4 is 57.0 Å². The zero-order valence-corrected chi connectivity index (χ0v) is 16.1. The van der Waals surface area contributed by atoms with Crippen molar-refractivity contribution in [1.82, 2.24) is 10.3 Å². The smallest absolute Gasteiger partial charge is 0.263 e. The first kappa shape index (κ1) is 17.3.